The Morgan fingerprint density at radius 3 is 2.44 bits per heavy atom. The quantitative estimate of drug-likeness (QED) is 0.284. The first kappa shape index (κ1) is 21.2. The van der Waals surface area contributed by atoms with E-state index in [4.69, 9.17) is 23.8 Å². The molecule has 27 heavy (non-hydrogen) atoms. The van der Waals surface area contributed by atoms with Crippen molar-refractivity contribution in [2.24, 2.45) is 11.1 Å². The van der Waals surface area contributed by atoms with E-state index < -0.39 is 11.8 Å². The SMILES string of the molecule is COC(=O)C1(C)OCC(CCCCON=C(C)c2ccc(OC)cc2)CO1. The van der Waals surface area contributed by atoms with Crippen molar-refractivity contribution < 1.29 is 28.6 Å². The van der Waals surface area contributed by atoms with E-state index in [9.17, 15) is 4.79 Å². The predicted molar refractivity (Wildman–Crippen MR) is 101 cm³/mol. The van der Waals surface area contributed by atoms with Crippen molar-refractivity contribution in [1.29, 1.82) is 0 Å². The number of carbonyl (C=O) groups is 1. The molecule has 7 nitrogen and oxygen atoms in total. The summed E-state index contributed by atoms with van der Waals surface area (Å²) in [5.41, 5.74) is 1.83. The lowest BCUT2D eigenvalue weighted by Gasteiger charge is -2.35. The standard InChI is InChI=1S/C20H29NO6/c1-15(17-8-10-18(23-3)11-9-17)21-27-12-6-5-7-16-13-25-20(2,26-14-16)19(22)24-4/h8-11,16H,5-7,12-14H2,1-4H3. The number of oxime groups is 1. The highest BCUT2D eigenvalue weighted by Gasteiger charge is 2.41. The third-order valence-corrected chi connectivity index (χ3v) is 4.55. The van der Waals surface area contributed by atoms with Crippen molar-refractivity contribution in [2.75, 3.05) is 34.0 Å². The van der Waals surface area contributed by atoms with Gasteiger partial charge in [0.25, 0.3) is 5.79 Å². The Morgan fingerprint density at radius 2 is 1.85 bits per heavy atom. The molecule has 1 aliphatic heterocycles. The summed E-state index contributed by atoms with van der Waals surface area (Å²) >= 11 is 0. The molecule has 2 rings (SSSR count). The second kappa shape index (κ2) is 10.3. The van der Waals surface area contributed by atoms with Crippen LogP contribution in [-0.4, -0.2) is 51.5 Å². The van der Waals surface area contributed by atoms with E-state index in [1.165, 1.54) is 7.11 Å². The van der Waals surface area contributed by atoms with Crippen molar-refractivity contribution in [3.8, 4) is 5.75 Å². The third-order valence-electron chi connectivity index (χ3n) is 4.55. The van der Waals surface area contributed by atoms with Crippen LogP contribution in [0, 0.1) is 5.92 Å². The van der Waals surface area contributed by atoms with Gasteiger partial charge in [0.2, 0.25) is 0 Å². The number of ether oxygens (including phenoxy) is 4. The van der Waals surface area contributed by atoms with Gasteiger partial charge in [0.1, 0.15) is 12.4 Å². The molecule has 0 bridgehead atoms. The zero-order valence-electron chi connectivity index (χ0n) is 16.5. The lowest BCUT2D eigenvalue weighted by atomic mass is 10.0. The van der Waals surface area contributed by atoms with E-state index in [2.05, 4.69) is 5.16 Å². The summed E-state index contributed by atoms with van der Waals surface area (Å²) < 4.78 is 20.9. The van der Waals surface area contributed by atoms with Gasteiger partial charge in [0.05, 0.1) is 33.1 Å². The van der Waals surface area contributed by atoms with Crippen LogP contribution in [0.2, 0.25) is 0 Å². The molecule has 1 fully saturated rings. The number of benzene rings is 1. The fourth-order valence-electron chi connectivity index (χ4n) is 2.74. The first-order valence-corrected chi connectivity index (χ1v) is 9.16. The molecule has 0 atom stereocenters. The Kier molecular flexibility index (Phi) is 8.06. The molecule has 1 saturated heterocycles. The van der Waals surface area contributed by atoms with Crippen molar-refractivity contribution in [1.82, 2.24) is 0 Å². The fourth-order valence-corrected chi connectivity index (χ4v) is 2.74. The molecule has 0 amide bonds. The number of hydrogen-bond donors (Lipinski definition) is 0. The summed E-state index contributed by atoms with van der Waals surface area (Å²) in [5.74, 6) is -0.691. The maximum Gasteiger partial charge on any atom is 0.366 e. The van der Waals surface area contributed by atoms with E-state index in [0.717, 1.165) is 36.3 Å². The normalized spacial score (nSPS) is 23.0. The Labute approximate surface area is 160 Å². The van der Waals surface area contributed by atoms with E-state index in [-0.39, 0.29) is 5.92 Å². The molecule has 1 aromatic carbocycles. The molecule has 0 unspecified atom stereocenters. The number of esters is 1. The first-order valence-electron chi connectivity index (χ1n) is 9.16. The van der Waals surface area contributed by atoms with E-state index in [1.807, 2.05) is 31.2 Å². The summed E-state index contributed by atoms with van der Waals surface area (Å²) in [6, 6.07) is 7.69. The van der Waals surface area contributed by atoms with Crippen LogP contribution in [0.15, 0.2) is 29.4 Å². The predicted octanol–water partition coefficient (Wildman–Crippen LogP) is 3.16. The average molecular weight is 379 g/mol. The van der Waals surface area contributed by atoms with Gasteiger partial charge >= 0.3 is 5.97 Å². The highest BCUT2D eigenvalue weighted by atomic mass is 16.7. The van der Waals surface area contributed by atoms with Crippen molar-refractivity contribution in [2.45, 2.75) is 38.9 Å². The molecule has 0 saturated carbocycles. The monoisotopic (exact) mass is 379 g/mol. The van der Waals surface area contributed by atoms with Crippen LogP contribution in [0.25, 0.3) is 0 Å². The highest BCUT2D eigenvalue weighted by Crippen LogP contribution is 2.25. The summed E-state index contributed by atoms with van der Waals surface area (Å²) in [6.07, 6.45) is 2.81. The van der Waals surface area contributed by atoms with Crippen LogP contribution in [0.1, 0.15) is 38.7 Å². The van der Waals surface area contributed by atoms with E-state index >= 15 is 0 Å². The first-order chi connectivity index (χ1) is 13.0. The highest BCUT2D eigenvalue weighted by molar-refractivity contribution is 5.98. The molecule has 0 spiro atoms. The maximum atomic E-state index is 11.6. The van der Waals surface area contributed by atoms with Crippen LogP contribution < -0.4 is 4.74 Å². The molecule has 0 aliphatic carbocycles. The lowest BCUT2D eigenvalue weighted by molar-refractivity contribution is -0.272. The van der Waals surface area contributed by atoms with Gasteiger partial charge in [-0.15, -0.1) is 0 Å². The molecule has 150 valence electrons. The Morgan fingerprint density at radius 1 is 1.19 bits per heavy atom. The van der Waals surface area contributed by atoms with Gasteiger partial charge in [-0.05, 0) is 56.0 Å². The van der Waals surface area contributed by atoms with Gasteiger partial charge in [-0.3, -0.25) is 0 Å². The molecule has 0 aromatic heterocycles. The minimum Gasteiger partial charge on any atom is -0.497 e. The second-order valence-corrected chi connectivity index (χ2v) is 6.66. The Hall–Kier alpha value is -2.12. The van der Waals surface area contributed by atoms with E-state index in [1.54, 1.807) is 14.0 Å². The Bertz CT molecular complexity index is 620. The largest absolute Gasteiger partial charge is 0.497 e. The van der Waals surface area contributed by atoms with E-state index in [0.29, 0.717) is 19.8 Å². The van der Waals surface area contributed by atoms with Gasteiger partial charge < -0.3 is 23.8 Å². The fraction of sp³-hybridized carbons (Fsp3) is 0.600. The maximum absolute atomic E-state index is 11.6. The van der Waals surface area contributed by atoms with Crippen LogP contribution in [-0.2, 0) is 23.8 Å². The van der Waals surface area contributed by atoms with Gasteiger partial charge in [-0.2, -0.15) is 0 Å². The smallest absolute Gasteiger partial charge is 0.366 e. The van der Waals surface area contributed by atoms with Crippen molar-refractivity contribution in [3.63, 3.8) is 0 Å². The molecule has 0 radical (unpaired) electrons. The topological polar surface area (TPSA) is 75.6 Å². The van der Waals surface area contributed by atoms with Gasteiger partial charge in [0.15, 0.2) is 0 Å². The molecular weight excluding hydrogens is 350 g/mol. The average Bonchev–Trinajstić information content (AvgIpc) is 2.71. The zero-order valence-corrected chi connectivity index (χ0v) is 16.5. The number of carbonyl (C=O) groups excluding carboxylic acids is 1. The summed E-state index contributed by atoms with van der Waals surface area (Å²) in [7, 11) is 2.97. The summed E-state index contributed by atoms with van der Waals surface area (Å²) in [6.45, 7) is 5.03. The van der Waals surface area contributed by atoms with Crippen LogP contribution >= 0.6 is 0 Å². The van der Waals surface area contributed by atoms with Crippen molar-refractivity contribution >= 4 is 11.7 Å². The summed E-state index contributed by atoms with van der Waals surface area (Å²) in [4.78, 5) is 17.0. The minimum atomic E-state index is -1.28. The van der Waals surface area contributed by atoms with Gasteiger partial charge in [0, 0.05) is 12.8 Å². The van der Waals surface area contributed by atoms with Crippen LogP contribution in [0.4, 0.5) is 0 Å². The third kappa shape index (κ3) is 6.22. The number of rotatable bonds is 9. The van der Waals surface area contributed by atoms with Crippen molar-refractivity contribution in [3.05, 3.63) is 29.8 Å². The second-order valence-electron chi connectivity index (χ2n) is 6.66. The molecule has 0 N–H and O–H groups in total. The summed E-state index contributed by atoms with van der Waals surface area (Å²) in [5, 5.41) is 4.16. The zero-order chi connectivity index (χ0) is 19.7. The molecule has 7 heteroatoms. The molecule has 1 aliphatic rings. The molecule has 1 heterocycles. The Balaban J connectivity index is 1.61. The molecule has 1 aromatic rings. The van der Waals surface area contributed by atoms with Gasteiger partial charge in [-0.1, -0.05) is 5.16 Å². The van der Waals surface area contributed by atoms with Crippen LogP contribution in [0.3, 0.4) is 0 Å². The lowest BCUT2D eigenvalue weighted by Crippen LogP contribution is -2.48. The number of unbranched alkanes of at least 4 members (excludes halogenated alkanes) is 1. The molecular formula is C20H29NO6. The van der Waals surface area contributed by atoms with Crippen LogP contribution in [0.5, 0.6) is 5.75 Å². The minimum absolute atomic E-state index is 0.271. The number of hydrogen-bond acceptors (Lipinski definition) is 7. The number of methoxy groups -OCH3 is 2. The number of nitrogens with zero attached hydrogens (tertiary/aromatic N) is 1. The van der Waals surface area contributed by atoms with Gasteiger partial charge in [-0.25, -0.2) is 4.79 Å².